The molecule has 1 fully saturated rings. The van der Waals surface area contributed by atoms with Crippen LogP contribution in [0.4, 0.5) is 0 Å². The van der Waals surface area contributed by atoms with Gasteiger partial charge in [-0.2, -0.15) is 0 Å². The summed E-state index contributed by atoms with van der Waals surface area (Å²) in [4.78, 5) is 2.32. The van der Waals surface area contributed by atoms with Gasteiger partial charge in [-0.05, 0) is 39.9 Å². The maximum atomic E-state index is 5.64. The number of likely N-dealkylation sites (N-methyl/N-ethyl adjacent to an activating group) is 2. The smallest absolute Gasteiger partial charge is 0.0870 e. The molecule has 1 N–H and O–H groups in total. The number of hydrogen-bond donors (Lipinski definition) is 1. The van der Waals surface area contributed by atoms with Crippen LogP contribution in [-0.4, -0.2) is 37.6 Å². The van der Waals surface area contributed by atoms with Crippen molar-refractivity contribution in [1.29, 1.82) is 0 Å². The van der Waals surface area contributed by atoms with Crippen LogP contribution in [0.2, 0.25) is 0 Å². The normalized spacial score (nSPS) is 33.7. The summed E-state index contributed by atoms with van der Waals surface area (Å²) in [7, 11) is 6.27. The van der Waals surface area contributed by atoms with Gasteiger partial charge in [0, 0.05) is 5.54 Å². The molecule has 15 heavy (non-hydrogen) atoms. The minimum Gasteiger partial charge on any atom is -0.305 e. The second-order valence-corrected chi connectivity index (χ2v) is 5.09. The predicted molar refractivity (Wildman–Crippen MR) is 65.7 cm³/mol. The van der Waals surface area contributed by atoms with E-state index in [1.54, 1.807) is 0 Å². The predicted octanol–water partition coefficient (Wildman–Crippen LogP) is 1.72. The quantitative estimate of drug-likeness (QED) is 0.710. The lowest BCUT2D eigenvalue weighted by atomic mass is 9.71. The highest BCUT2D eigenvalue weighted by Crippen LogP contribution is 2.37. The van der Waals surface area contributed by atoms with Gasteiger partial charge in [-0.1, -0.05) is 25.7 Å². The van der Waals surface area contributed by atoms with Crippen molar-refractivity contribution >= 4 is 0 Å². The first-order valence-corrected chi connectivity index (χ1v) is 5.87. The van der Waals surface area contributed by atoms with Crippen LogP contribution in [-0.2, 0) is 0 Å². The molecule has 0 bridgehead atoms. The summed E-state index contributed by atoms with van der Waals surface area (Å²) in [5.74, 6) is 3.69. The number of hydrogen-bond acceptors (Lipinski definition) is 2. The monoisotopic (exact) mass is 208 g/mol. The lowest BCUT2D eigenvalue weighted by Crippen LogP contribution is -2.59. The summed E-state index contributed by atoms with van der Waals surface area (Å²) in [5, 5.41) is 3.29. The van der Waals surface area contributed by atoms with Gasteiger partial charge in [-0.3, -0.25) is 0 Å². The van der Waals surface area contributed by atoms with E-state index >= 15 is 0 Å². The summed E-state index contributed by atoms with van der Waals surface area (Å²) in [6.45, 7) is 2.33. The van der Waals surface area contributed by atoms with Gasteiger partial charge in [-0.25, -0.2) is 0 Å². The molecule has 0 aromatic rings. The zero-order valence-electron chi connectivity index (χ0n) is 10.5. The molecule has 3 atom stereocenters. The van der Waals surface area contributed by atoms with Gasteiger partial charge in [0.05, 0.1) is 6.04 Å². The van der Waals surface area contributed by atoms with E-state index in [2.05, 4.69) is 37.2 Å². The van der Waals surface area contributed by atoms with E-state index in [4.69, 9.17) is 6.42 Å². The van der Waals surface area contributed by atoms with Crippen molar-refractivity contribution in [2.75, 3.05) is 21.1 Å². The molecule has 0 saturated heterocycles. The number of rotatable bonds is 3. The first-order valence-electron chi connectivity index (χ1n) is 5.87. The van der Waals surface area contributed by atoms with E-state index in [0.717, 1.165) is 5.92 Å². The molecule has 0 spiro atoms. The van der Waals surface area contributed by atoms with Crippen molar-refractivity contribution in [2.24, 2.45) is 5.92 Å². The van der Waals surface area contributed by atoms with Crippen molar-refractivity contribution in [3.63, 3.8) is 0 Å². The van der Waals surface area contributed by atoms with E-state index in [-0.39, 0.29) is 11.6 Å². The first kappa shape index (κ1) is 12.5. The highest BCUT2D eigenvalue weighted by atomic mass is 15.2. The average molecular weight is 208 g/mol. The summed E-state index contributed by atoms with van der Waals surface area (Å²) < 4.78 is 0. The molecule has 1 saturated carbocycles. The lowest BCUT2D eigenvalue weighted by molar-refractivity contribution is 0.0577. The minimum atomic E-state index is 0.154. The largest absolute Gasteiger partial charge is 0.305 e. The molecular formula is C13H24N2. The van der Waals surface area contributed by atoms with Crippen LogP contribution < -0.4 is 5.32 Å². The SMILES string of the molecule is C#CC(NC)C1(N(C)C)CCCC(C)C1. The molecule has 1 aliphatic rings. The molecule has 2 nitrogen and oxygen atoms in total. The van der Waals surface area contributed by atoms with Gasteiger partial charge >= 0.3 is 0 Å². The van der Waals surface area contributed by atoms with Crippen molar-refractivity contribution < 1.29 is 0 Å². The molecular weight excluding hydrogens is 184 g/mol. The van der Waals surface area contributed by atoms with E-state index < -0.39 is 0 Å². The third-order valence-electron chi connectivity index (χ3n) is 3.89. The molecule has 0 aromatic carbocycles. The maximum absolute atomic E-state index is 5.64. The Morgan fingerprint density at radius 3 is 2.60 bits per heavy atom. The number of nitrogens with one attached hydrogen (secondary N) is 1. The Morgan fingerprint density at radius 2 is 2.20 bits per heavy atom. The lowest BCUT2D eigenvalue weighted by Gasteiger charge is -2.48. The van der Waals surface area contributed by atoms with Crippen LogP contribution in [0.5, 0.6) is 0 Å². The van der Waals surface area contributed by atoms with Crippen molar-refractivity contribution in [3.05, 3.63) is 0 Å². The van der Waals surface area contributed by atoms with Crippen molar-refractivity contribution in [1.82, 2.24) is 10.2 Å². The van der Waals surface area contributed by atoms with E-state index in [1.165, 1.54) is 25.7 Å². The average Bonchev–Trinajstić information content (AvgIpc) is 2.19. The Hall–Kier alpha value is -0.520. The molecule has 2 heteroatoms. The highest BCUT2D eigenvalue weighted by Gasteiger charge is 2.42. The fraction of sp³-hybridized carbons (Fsp3) is 0.846. The van der Waals surface area contributed by atoms with Crippen LogP contribution in [0.25, 0.3) is 0 Å². The second kappa shape index (κ2) is 5.01. The van der Waals surface area contributed by atoms with Crippen LogP contribution >= 0.6 is 0 Å². The molecule has 1 rings (SSSR count). The van der Waals surface area contributed by atoms with Gasteiger partial charge in [0.15, 0.2) is 0 Å². The van der Waals surface area contributed by atoms with E-state index in [0.29, 0.717) is 0 Å². The summed E-state index contributed by atoms with van der Waals surface area (Å²) >= 11 is 0. The van der Waals surface area contributed by atoms with Gasteiger partial charge < -0.3 is 10.2 Å². The Bertz CT molecular complexity index is 241. The number of terminal acetylenes is 1. The topological polar surface area (TPSA) is 15.3 Å². The third kappa shape index (κ3) is 2.35. The second-order valence-electron chi connectivity index (χ2n) is 5.09. The zero-order chi connectivity index (χ0) is 11.5. The molecule has 0 heterocycles. The molecule has 0 aromatic heterocycles. The molecule has 86 valence electrons. The van der Waals surface area contributed by atoms with Gasteiger partial charge in [0.2, 0.25) is 0 Å². The molecule has 0 aliphatic heterocycles. The fourth-order valence-corrected chi connectivity index (χ4v) is 3.00. The Kier molecular flexibility index (Phi) is 4.19. The van der Waals surface area contributed by atoms with Crippen LogP contribution in [0.15, 0.2) is 0 Å². The third-order valence-corrected chi connectivity index (χ3v) is 3.89. The Balaban J connectivity index is 2.92. The molecule has 0 radical (unpaired) electrons. The van der Waals surface area contributed by atoms with E-state index in [1.807, 2.05) is 7.05 Å². The standard InChI is InChI=1S/C13H24N2/c1-6-12(14-3)13(15(4)5)9-7-8-11(2)10-13/h1,11-12,14H,7-10H2,2-5H3. The fourth-order valence-electron chi connectivity index (χ4n) is 3.00. The van der Waals surface area contributed by atoms with Crippen LogP contribution in [0, 0.1) is 18.3 Å². The minimum absolute atomic E-state index is 0.154. The molecule has 3 unspecified atom stereocenters. The van der Waals surface area contributed by atoms with Gasteiger partial charge in [0.1, 0.15) is 0 Å². The summed E-state index contributed by atoms with van der Waals surface area (Å²) in [6, 6.07) is 0.162. The van der Waals surface area contributed by atoms with Gasteiger partial charge in [0.25, 0.3) is 0 Å². The number of nitrogens with zero attached hydrogens (tertiary/aromatic N) is 1. The van der Waals surface area contributed by atoms with E-state index in [9.17, 15) is 0 Å². The van der Waals surface area contributed by atoms with Crippen molar-refractivity contribution in [2.45, 2.75) is 44.2 Å². The Morgan fingerprint density at radius 1 is 1.53 bits per heavy atom. The maximum Gasteiger partial charge on any atom is 0.0870 e. The Labute approximate surface area is 94.4 Å². The van der Waals surface area contributed by atoms with Crippen LogP contribution in [0.3, 0.4) is 0 Å². The van der Waals surface area contributed by atoms with Crippen LogP contribution in [0.1, 0.15) is 32.6 Å². The van der Waals surface area contributed by atoms with Gasteiger partial charge in [-0.15, -0.1) is 6.42 Å². The zero-order valence-corrected chi connectivity index (χ0v) is 10.5. The highest BCUT2D eigenvalue weighted by molar-refractivity contribution is 5.14. The summed E-state index contributed by atoms with van der Waals surface area (Å²) in [5.41, 5.74) is 0.154. The molecule has 0 amide bonds. The summed E-state index contributed by atoms with van der Waals surface area (Å²) in [6.07, 6.45) is 10.7. The molecule has 1 aliphatic carbocycles. The van der Waals surface area contributed by atoms with Crippen molar-refractivity contribution in [3.8, 4) is 12.3 Å². The first-order chi connectivity index (χ1) is 7.06.